The van der Waals surface area contributed by atoms with Crippen LogP contribution in [0.2, 0.25) is 0 Å². The van der Waals surface area contributed by atoms with Crippen LogP contribution in [0.1, 0.15) is 25.8 Å². The molecule has 1 aliphatic rings. The SMILES string of the molecule is CC1(C)CC1CNCc1ccc(Br)c(N)c1. The average Bonchev–Trinajstić information content (AvgIpc) is 2.80. The normalized spacial score (nSPS) is 22.1. The van der Waals surface area contributed by atoms with E-state index in [9.17, 15) is 0 Å². The summed E-state index contributed by atoms with van der Waals surface area (Å²) < 4.78 is 0.972. The molecule has 1 aliphatic carbocycles. The van der Waals surface area contributed by atoms with Gasteiger partial charge in [-0.05, 0) is 57.9 Å². The van der Waals surface area contributed by atoms with Crippen LogP contribution in [-0.4, -0.2) is 6.54 Å². The van der Waals surface area contributed by atoms with E-state index in [-0.39, 0.29) is 0 Å². The summed E-state index contributed by atoms with van der Waals surface area (Å²) in [7, 11) is 0. The fourth-order valence-corrected chi connectivity index (χ4v) is 2.27. The van der Waals surface area contributed by atoms with Crippen LogP contribution in [0.4, 0.5) is 5.69 Å². The molecular formula is C13H19BrN2. The van der Waals surface area contributed by atoms with E-state index in [0.717, 1.165) is 29.2 Å². The number of rotatable bonds is 4. The Labute approximate surface area is 106 Å². The van der Waals surface area contributed by atoms with E-state index in [2.05, 4.69) is 41.2 Å². The molecule has 1 unspecified atom stereocenters. The second kappa shape index (κ2) is 4.38. The number of nitrogens with two attached hydrogens (primary N) is 1. The highest BCUT2D eigenvalue weighted by Crippen LogP contribution is 2.50. The predicted octanol–water partition coefficient (Wildman–Crippen LogP) is 3.17. The van der Waals surface area contributed by atoms with Gasteiger partial charge in [-0.3, -0.25) is 0 Å². The molecule has 0 aromatic heterocycles. The van der Waals surface area contributed by atoms with Gasteiger partial charge in [-0.1, -0.05) is 19.9 Å². The molecule has 1 fully saturated rings. The molecule has 88 valence electrons. The van der Waals surface area contributed by atoms with Gasteiger partial charge in [-0.2, -0.15) is 0 Å². The van der Waals surface area contributed by atoms with Gasteiger partial charge < -0.3 is 11.1 Å². The van der Waals surface area contributed by atoms with Gasteiger partial charge in [0.05, 0.1) is 0 Å². The van der Waals surface area contributed by atoms with E-state index >= 15 is 0 Å². The first-order chi connectivity index (χ1) is 7.49. The molecular weight excluding hydrogens is 264 g/mol. The van der Waals surface area contributed by atoms with Crippen LogP contribution in [0, 0.1) is 11.3 Å². The Morgan fingerprint density at radius 3 is 2.75 bits per heavy atom. The summed E-state index contributed by atoms with van der Waals surface area (Å²) in [6.07, 6.45) is 1.35. The molecule has 0 heterocycles. The lowest BCUT2D eigenvalue weighted by molar-refractivity contribution is 0.519. The van der Waals surface area contributed by atoms with Gasteiger partial charge in [0.15, 0.2) is 0 Å². The van der Waals surface area contributed by atoms with Gasteiger partial charge in [0.1, 0.15) is 0 Å². The lowest BCUT2D eigenvalue weighted by Gasteiger charge is -2.07. The highest BCUT2D eigenvalue weighted by Gasteiger charge is 2.44. The van der Waals surface area contributed by atoms with Gasteiger partial charge >= 0.3 is 0 Å². The maximum atomic E-state index is 5.83. The number of halogens is 1. The smallest absolute Gasteiger partial charge is 0.0461 e. The minimum atomic E-state index is 0.561. The van der Waals surface area contributed by atoms with E-state index in [1.165, 1.54) is 12.0 Å². The number of nitrogen functional groups attached to an aromatic ring is 1. The zero-order valence-electron chi connectivity index (χ0n) is 9.89. The van der Waals surface area contributed by atoms with Crippen molar-refractivity contribution in [3.8, 4) is 0 Å². The van der Waals surface area contributed by atoms with Crippen molar-refractivity contribution in [2.45, 2.75) is 26.8 Å². The van der Waals surface area contributed by atoms with Crippen LogP contribution >= 0.6 is 15.9 Å². The Balaban J connectivity index is 1.79. The Hall–Kier alpha value is -0.540. The van der Waals surface area contributed by atoms with Gasteiger partial charge in [0.2, 0.25) is 0 Å². The molecule has 3 N–H and O–H groups in total. The van der Waals surface area contributed by atoms with E-state index in [1.807, 2.05) is 12.1 Å². The molecule has 2 nitrogen and oxygen atoms in total. The molecule has 0 amide bonds. The summed E-state index contributed by atoms with van der Waals surface area (Å²) in [6.45, 7) is 6.68. The third-order valence-corrected chi connectivity index (χ3v) is 4.22. The van der Waals surface area contributed by atoms with Crippen LogP contribution in [-0.2, 0) is 6.54 Å². The van der Waals surface area contributed by atoms with Crippen molar-refractivity contribution in [1.82, 2.24) is 5.32 Å². The zero-order chi connectivity index (χ0) is 11.8. The molecule has 0 saturated heterocycles. The molecule has 2 rings (SSSR count). The number of anilines is 1. The van der Waals surface area contributed by atoms with Crippen LogP contribution in [0.3, 0.4) is 0 Å². The lowest BCUT2D eigenvalue weighted by atomic mass is 10.1. The highest BCUT2D eigenvalue weighted by molar-refractivity contribution is 9.10. The van der Waals surface area contributed by atoms with Crippen molar-refractivity contribution < 1.29 is 0 Å². The molecule has 1 saturated carbocycles. The Kier molecular flexibility index (Phi) is 3.27. The highest BCUT2D eigenvalue weighted by atomic mass is 79.9. The molecule has 0 bridgehead atoms. The second-order valence-corrected chi connectivity index (χ2v) is 6.23. The van der Waals surface area contributed by atoms with Crippen molar-refractivity contribution in [3.05, 3.63) is 28.2 Å². The maximum Gasteiger partial charge on any atom is 0.0461 e. The fourth-order valence-electron chi connectivity index (χ4n) is 2.02. The minimum Gasteiger partial charge on any atom is -0.398 e. The molecule has 1 atom stereocenters. The van der Waals surface area contributed by atoms with E-state index in [4.69, 9.17) is 5.73 Å². The third kappa shape index (κ3) is 2.77. The molecule has 0 aliphatic heterocycles. The number of nitrogens with one attached hydrogen (secondary N) is 1. The summed E-state index contributed by atoms with van der Waals surface area (Å²) in [5.74, 6) is 0.847. The quantitative estimate of drug-likeness (QED) is 0.833. The average molecular weight is 283 g/mol. The zero-order valence-corrected chi connectivity index (χ0v) is 11.5. The number of hydrogen-bond acceptors (Lipinski definition) is 2. The van der Waals surface area contributed by atoms with Crippen molar-refractivity contribution in [3.63, 3.8) is 0 Å². The largest absolute Gasteiger partial charge is 0.398 e. The first-order valence-corrected chi connectivity index (χ1v) is 6.53. The second-order valence-electron chi connectivity index (χ2n) is 5.38. The van der Waals surface area contributed by atoms with Crippen LogP contribution in [0.5, 0.6) is 0 Å². The van der Waals surface area contributed by atoms with Gasteiger partial charge in [-0.15, -0.1) is 0 Å². The molecule has 1 aromatic carbocycles. The monoisotopic (exact) mass is 282 g/mol. The van der Waals surface area contributed by atoms with Crippen molar-refractivity contribution >= 4 is 21.6 Å². The minimum absolute atomic E-state index is 0.561. The van der Waals surface area contributed by atoms with E-state index in [0.29, 0.717) is 5.41 Å². The summed E-state index contributed by atoms with van der Waals surface area (Å²) in [5.41, 5.74) is 8.45. The molecule has 0 spiro atoms. The van der Waals surface area contributed by atoms with Crippen LogP contribution in [0.15, 0.2) is 22.7 Å². The van der Waals surface area contributed by atoms with Crippen molar-refractivity contribution in [2.75, 3.05) is 12.3 Å². The predicted molar refractivity (Wildman–Crippen MR) is 72.1 cm³/mol. The Bertz CT molecular complexity index is 388. The van der Waals surface area contributed by atoms with Crippen molar-refractivity contribution in [1.29, 1.82) is 0 Å². The fraction of sp³-hybridized carbons (Fsp3) is 0.538. The topological polar surface area (TPSA) is 38.0 Å². The van der Waals surface area contributed by atoms with E-state index in [1.54, 1.807) is 0 Å². The van der Waals surface area contributed by atoms with Crippen LogP contribution in [0.25, 0.3) is 0 Å². The summed E-state index contributed by atoms with van der Waals surface area (Å²) in [4.78, 5) is 0. The number of hydrogen-bond donors (Lipinski definition) is 2. The molecule has 3 heteroatoms. The summed E-state index contributed by atoms with van der Waals surface area (Å²) >= 11 is 3.40. The van der Waals surface area contributed by atoms with Crippen LogP contribution < -0.4 is 11.1 Å². The van der Waals surface area contributed by atoms with Gasteiger partial charge in [-0.25, -0.2) is 0 Å². The third-order valence-electron chi connectivity index (χ3n) is 3.50. The molecule has 1 aromatic rings. The number of benzene rings is 1. The first kappa shape index (κ1) is 11.9. The van der Waals surface area contributed by atoms with E-state index < -0.39 is 0 Å². The summed E-state index contributed by atoms with van der Waals surface area (Å²) in [5, 5.41) is 3.50. The summed E-state index contributed by atoms with van der Waals surface area (Å²) in [6, 6.07) is 6.13. The first-order valence-electron chi connectivity index (χ1n) is 5.74. The maximum absolute atomic E-state index is 5.83. The lowest BCUT2D eigenvalue weighted by Crippen LogP contribution is -2.18. The Morgan fingerprint density at radius 2 is 2.19 bits per heavy atom. The standard InChI is InChI=1S/C13H19BrN2/c1-13(2)6-10(13)8-16-7-9-3-4-11(14)12(15)5-9/h3-5,10,16H,6-8,15H2,1-2H3. The molecule has 16 heavy (non-hydrogen) atoms. The molecule has 0 radical (unpaired) electrons. The Morgan fingerprint density at radius 1 is 1.50 bits per heavy atom. The van der Waals surface area contributed by atoms with Gasteiger partial charge in [0, 0.05) is 16.7 Å². The van der Waals surface area contributed by atoms with Gasteiger partial charge in [0.25, 0.3) is 0 Å². The van der Waals surface area contributed by atoms with Crippen molar-refractivity contribution in [2.24, 2.45) is 11.3 Å².